The first-order valence-electron chi connectivity index (χ1n) is 9.58. The van der Waals surface area contributed by atoms with Crippen molar-refractivity contribution in [3.05, 3.63) is 71.3 Å². The molecular formula is C22H24N4O3. The molecule has 3 rings (SSSR count). The van der Waals surface area contributed by atoms with Crippen LogP contribution < -0.4 is 5.32 Å². The molecule has 150 valence electrons. The molecule has 2 N–H and O–H groups in total. The topological polar surface area (TPSA) is 96.7 Å². The summed E-state index contributed by atoms with van der Waals surface area (Å²) in [6.45, 7) is 2.95. The van der Waals surface area contributed by atoms with Gasteiger partial charge in [-0.05, 0) is 29.8 Å². The van der Waals surface area contributed by atoms with Crippen LogP contribution in [0.2, 0.25) is 0 Å². The van der Waals surface area contributed by atoms with Crippen molar-refractivity contribution in [2.24, 2.45) is 0 Å². The first-order valence-corrected chi connectivity index (χ1v) is 9.58. The van der Waals surface area contributed by atoms with Crippen LogP contribution in [0.25, 0.3) is 0 Å². The minimum absolute atomic E-state index is 0.0640. The largest absolute Gasteiger partial charge is 0.387 e. The molecule has 7 heteroatoms. The number of rotatable bonds is 6. The summed E-state index contributed by atoms with van der Waals surface area (Å²) in [6.07, 6.45) is -0.551. The highest BCUT2D eigenvalue weighted by Gasteiger charge is 2.23. The van der Waals surface area contributed by atoms with Crippen molar-refractivity contribution in [1.29, 1.82) is 5.26 Å². The number of nitrogens with zero attached hydrogens (tertiary/aromatic N) is 3. The van der Waals surface area contributed by atoms with E-state index in [-0.39, 0.29) is 18.4 Å². The van der Waals surface area contributed by atoms with Crippen LogP contribution in [0.3, 0.4) is 0 Å². The maximum Gasteiger partial charge on any atom is 0.251 e. The van der Waals surface area contributed by atoms with Crippen LogP contribution in [0.15, 0.2) is 54.6 Å². The second-order valence-corrected chi connectivity index (χ2v) is 6.98. The minimum Gasteiger partial charge on any atom is -0.387 e. The summed E-state index contributed by atoms with van der Waals surface area (Å²) in [5.74, 6) is -0.470. The molecule has 2 aromatic carbocycles. The predicted molar refractivity (Wildman–Crippen MR) is 108 cm³/mol. The molecule has 0 unspecified atom stereocenters. The van der Waals surface area contributed by atoms with Gasteiger partial charge < -0.3 is 15.3 Å². The Labute approximate surface area is 170 Å². The Bertz CT molecular complexity index is 869. The number of carbonyl (C=O) groups is 2. The maximum absolute atomic E-state index is 12.4. The van der Waals surface area contributed by atoms with E-state index >= 15 is 0 Å². The van der Waals surface area contributed by atoms with E-state index in [0.717, 1.165) is 5.56 Å². The van der Waals surface area contributed by atoms with E-state index in [1.807, 2.05) is 36.4 Å². The quantitative estimate of drug-likeness (QED) is 0.769. The summed E-state index contributed by atoms with van der Waals surface area (Å²) >= 11 is 0. The average Bonchev–Trinajstić information content (AvgIpc) is 2.78. The second-order valence-electron chi connectivity index (χ2n) is 6.98. The minimum atomic E-state index is -0.551. The number of hydrogen-bond acceptors (Lipinski definition) is 5. The highest BCUT2D eigenvalue weighted by Crippen LogP contribution is 2.15. The van der Waals surface area contributed by atoms with Gasteiger partial charge in [-0.15, -0.1) is 0 Å². The molecule has 7 nitrogen and oxygen atoms in total. The Hall–Kier alpha value is -3.21. The molecule has 0 spiro atoms. The van der Waals surface area contributed by atoms with Gasteiger partial charge in [-0.2, -0.15) is 5.26 Å². The fourth-order valence-corrected chi connectivity index (χ4v) is 3.27. The molecule has 0 aromatic heterocycles. The molecule has 0 radical (unpaired) electrons. The molecule has 1 aliphatic rings. The second kappa shape index (κ2) is 9.82. The van der Waals surface area contributed by atoms with Crippen LogP contribution >= 0.6 is 0 Å². The number of amides is 2. The van der Waals surface area contributed by atoms with E-state index in [9.17, 15) is 14.7 Å². The van der Waals surface area contributed by atoms with Gasteiger partial charge in [0.2, 0.25) is 5.91 Å². The lowest BCUT2D eigenvalue weighted by Gasteiger charge is -2.35. The number of carbonyl (C=O) groups excluding carboxylic acids is 2. The van der Waals surface area contributed by atoms with E-state index in [1.165, 1.54) is 0 Å². The van der Waals surface area contributed by atoms with Gasteiger partial charge in [0.25, 0.3) is 5.91 Å². The SMILES string of the molecule is N#Cc1ccc(C(=O)NCC(=O)N2CCN(C[C@H](O)c3ccccc3)CC2)cc1. The lowest BCUT2D eigenvalue weighted by molar-refractivity contribution is -0.132. The summed E-state index contributed by atoms with van der Waals surface area (Å²) < 4.78 is 0. The average molecular weight is 392 g/mol. The fraction of sp³-hybridized carbons (Fsp3) is 0.318. The lowest BCUT2D eigenvalue weighted by Crippen LogP contribution is -2.51. The Morgan fingerprint density at radius 2 is 1.69 bits per heavy atom. The normalized spacial score (nSPS) is 15.4. The van der Waals surface area contributed by atoms with Gasteiger partial charge in [-0.25, -0.2) is 0 Å². The van der Waals surface area contributed by atoms with Gasteiger partial charge in [0.1, 0.15) is 0 Å². The summed E-state index contributed by atoms with van der Waals surface area (Å²) in [7, 11) is 0. The molecule has 1 saturated heterocycles. The Balaban J connectivity index is 1.41. The summed E-state index contributed by atoms with van der Waals surface area (Å²) in [5.41, 5.74) is 1.78. The molecule has 0 bridgehead atoms. The Kier molecular flexibility index (Phi) is 6.95. The number of nitrogens with one attached hydrogen (secondary N) is 1. The third-order valence-corrected chi connectivity index (χ3v) is 5.02. The number of aliphatic hydroxyl groups is 1. The van der Waals surface area contributed by atoms with Crippen LogP contribution in [-0.4, -0.2) is 66.0 Å². The van der Waals surface area contributed by atoms with E-state index in [4.69, 9.17) is 5.26 Å². The summed E-state index contributed by atoms with van der Waals surface area (Å²) in [5, 5.41) is 21.8. The highest BCUT2D eigenvalue weighted by atomic mass is 16.3. The van der Waals surface area contributed by atoms with Crippen molar-refractivity contribution in [3.8, 4) is 6.07 Å². The van der Waals surface area contributed by atoms with Crippen LogP contribution in [0.1, 0.15) is 27.6 Å². The van der Waals surface area contributed by atoms with Crippen molar-refractivity contribution < 1.29 is 14.7 Å². The molecule has 29 heavy (non-hydrogen) atoms. The Morgan fingerprint density at radius 1 is 1.03 bits per heavy atom. The van der Waals surface area contributed by atoms with Crippen LogP contribution in [0.5, 0.6) is 0 Å². The number of hydrogen-bond donors (Lipinski definition) is 2. The summed E-state index contributed by atoms with van der Waals surface area (Å²) in [4.78, 5) is 28.4. The molecule has 1 aliphatic heterocycles. The fourth-order valence-electron chi connectivity index (χ4n) is 3.27. The number of nitriles is 1. The van der Waals surface area contributed by atoms with Crippen LogP contribution in [0, 0.1) is 11.3 Å². The first kappa shape index (κ1) is 20.5. The molecule has 0 saturated carbocycles. The zero-order chi connectivity index (χ0) is 20.6. The van der Waals surface area contributed by atoms with Gasteiger partial charge in [0.05, 0.1) is 24.3 Å². The monoisotopic (exact) mass is 392 g/mol. The standard InChI is InChI=1S/C22H24N4O3/c23-14-17-6-8-19(9-7-17)22(29)24-15-21(28)26-12-10-25(11-13-26)16-20(27)18-4-2-1-3-5-18/h1-9,20,27H,10-13,15-16H2,(H,24,29)/t20-/m0/s1. The highest BCUT2D eigenvalue weighted by molar-refractivity contribution is 5.96. The number of piperazine rings is 1. The lowest BCUT2D eigenvalue weighted by atomic mass is 10.1. The van der Waals surface area contributed by atoms with Crippen molar-refractivity contribution >= 4 is 11.8 Å². The number of benzene rings is 2. The van der Waals surface area contributed by atoms with Gasteiger partial charge in [0.15, 0.2) is 0 Å². The maximum atomic E-state index is 12.4. The van der Waals surface area contributed by atoms with Crippen LogP contribution in [0.4, 0.5) is 0 Å². The van der Waals surface area contributed by atoms with Crippen molar-refractivity contribution in [1.82, 2.24) is 15.1 Å². The van der Waals surface area contributed by atoms with Crippen LogP contribution in [-0.2, 0) is 4.79 Å². The third kappa shape index (κ3) is 5.64. The van der Waals surface area contributed by atoms with Gasteiger partial charge in [-0.1, -0.05) is 30.3 Å². The summed E-state index contributed by atoms with van der Waals surface area (Å²) in [6, 6.07) is 17.8. The molecule has 0 aliphatic carbocycles. The smallest absolute Gasteiger partial charge is 0.251 e. The molecule has 2 aromatic rings. The van der Waals surface area contributed by atoms with Gasteiger partial charge in [0, 0.05) is 38.3 Å². The zero-order valence-electron chi connectivity index (χ0n) is 16.1. The van der Waals surface area contributed by atoms with Gasteiger partial charge in [-0.3, -0.25) is 14.5 Å². The molecular weight excluding hydrogens is 368 g/mol. The van der Waals surface area contributed by atoms with Gasteiger partial charge >= 0.3 is 0 Å². The third-order valence-electron chi connectivity index (χ3n) is 5.02. The number of aliphatic hydroxyl groups excluding tert-OH is 1. The number of β-amino-alcohol motifs (C(OH)–C–C–N with tert-alkyl or cyclic N) is 1. The molecule has 1 atom stereocenters. The van der Waals surface area contributed by atoms with Crippen molar-refractivity contribution in [2.45, 2.75) is 6.10 Å². The van der Waals surface area contributed by atoms with E-state index in [1.54, 1.807) is 29.2 Å². The first-order chi connectivity index (χ1) is 14.1. The van der Waals surface area contributed by atoms with Crippen molar-refractivity contribution in [2.75, 3.05) is 39.3 Å². The molecule has 1 heterocycles. The van der Waals surface area contributed by atoms with Crippen molar-refractivity contribution in [3.63, 3.8) is 0 Å². The van der Waals surface area contributed by atoms with E-state index < -0.39 is 6.10 Å². The predicted octanol–water partition coefficient (Wildman–Crippen LogP) is 1.17. The molecule has 1 fully saturated rings. The van der Waals surface area contributed by atoms with E-state index in [2.05, 4.69) is 10.2 Å². The van der Waals surface area contributed by atoms with E-state index in [0.29, 0.717) is 43.9 Å². The molecule has 2 amide bonds. The Morgan fingerprint density at radius 3 is 2.31 bits per heavy atom. The zero-order valence-corrected chi connectivity index (χ0v) is 16.1.